The molecule has 1 fully saturated rings. The Bertz CT molecular complexity index is 265. The van der Waals surface area contributed by atoms with Crippen LogP contribution in [0.25, 0.3) is 0 Å². The van der Waals surface area contributed by atoms with Crippen LogP contribution < -0.4 is 0 Å². The van der Waals surface area contributed by atoms with Crippen molar-refractivity contribution in [3.63, 3.8) is 0 Å². The first-order valence-corrected chi connectivity index (χ1v) is 6.54. The van der Waals surface area contributed by atoms with Crippen LogP contribution >= 0.6 is 0 Å². The van der Waals surface area contributed by atoms with Gasteiger partial charge in [0.1, 0.15) is 0 Å². The van der Waals surface area contributed by atoms with Crippen molar-refractivity contribution >= 4 is 5.78 Å². The van der Waals surface area contributed by atoms with Crippen molar-refractivity contribution in [1.29, 1.82) is 0 Å². The number of ketones is 1. The molecule has 0 spiro atoms. The summed E-state index contributed by atoms with van der Waals surface area (Å²) in [5.74, 6) is 1.69. The molecule has 1 heteroatoms. The molecule has 0 heterocycles. The first-order valence-electron chi connectivity index (χ1n) is 6.54. The van der Waals surface area contributed by atoms with Crippen LogP contribution in [0.5, 0.6) is 0 Å². The maximum Gasteiger partial charge on any atom is 0.161 e. The molecule has 0 aliphatic heterocycles. The molecule has 0 aromatic carbocycles. The lowest BCUT2D eigenvalue weighted by Crippen LogP contribution is -2.15. The third-order valence-electron chi connectivity index (χ3n) is 4.10. The maximum absolute atomic E-state index is 12.2. The summed E-state index contributed by atoms with van der Waals surface area (Å²) in [5.41, 5.74) is 1.16. The average molecular weight is 206 g/mol. The average Bonchev–Trinajstić information content (AvgIpc) is 2.78. The summed E-state index contributed by atoms with van der Waals surface area (Å²) in [6, 6.07) is 0. The van der Waals surface area contributed by atoms with Gasteiger partial charge in [-0.1, -0.05) is 19.4 Å². The number of rotatable bonds is 3. The first-order chi connectivity index (χ1) is 7.31. The van der Waals surface area contributed by atoms with E-state index in [9.17, 15) is 4.79 Å². The number of hydrogen-bond acceptors (Lipinski definition) is 1. The minimum atomic E-state index is 0.374. The molecule has 0 aromatic rings. The van der Waals surface area contributed by atoms with Gasteiger partial charge >= 0.3 is 0 Å². The molecule has 2 aliphatic carbocycles. The van der Waals surface area contributed by atoms with Gasteiger partial charge < -0.3 is 0 Å². The predicted molar refractivity (Wildman–Crippen MR) is 62.7 cm³/mol. The van der Waals surface area contributed by atoms with Gasteiger partial charge in [-0.15, -0.1) is 0 Å². The lowest BCUT2D eigenvalue weighted by Gasteiger charge is -2.15. The summed E-state index contributed by atoms with van der Waals surface area (Å²) < 4.78 is 0. The zero-order valence-electron chi connectivity index (χ0n) is 9.80. The Morgan fingerprint density at radius 2 is 2.27 bits per heavy atom. The Morgan fingerprint density at radius 1 is 1.40 bits per heavy atom. The number of allylic oxidation sites excluding steroid dienone is 2. The molecule has 0 saturated heterocycles. The smallest absolute Gasteiger partial charge is 0.161 e. The Hall–Kier alpha value is -0.590. The molecule has 2 rings (SSSR count). The van der Waals surface area contributed by atoms with Crippen LogP contribution in [0.1, 0.15) is 58.3 Å². The van der Waals surface area contributed by atoms with Crippen molar-refractivity contribution < 1.29 is 4.79 Å². The molecule has 2 atom stereocenters. The highest BCUT2D eigenvalue weighted by Gasteiger charge is 2.30. The highest BCUT2D eigenvalue weighted by atomic mass is 16.1. The van der Waals surface area contributed by atoms with Gasteiger partial charge in [0.15, 0.2) is 5.78 Å². The van der Waals surface area contributed by atoms with Crippen LogP contribution in [-0.2, 0) is 4.79 Å². The fourth-order valence-corrected chi connectivity index (χ4v) is 3.01. The van der Waals surface area contributed by atoms with E-state index < -0.39 is 0 Å². The Morgan fingerprint density at radius 3 is 2.87 bits per heavy atom. The molecule has 84 valence electrons. The van der Waals surface area contributed by atoms with Crippen molar-refractivity contribution in [2.75, 3.05) is 0 Å². The molecule has 0 amide bonds. The topological polar surface area (TPSA) is 17.1 Å². The Labute approximate surface area is 92.9 Å². The standard InChI is InChI=1S/C14H22O/c1-2-11-8-9-13(10-11)14(15)12-6-4-3-5-7-12/h6,11,13H,2-5,7-10H2,1H3. The van der Waals surface area contributed by atoms with E-state index in [0.717, 1.165) is 37.2 Å². The highest BCUT2D eigenvalue weighted by molar-refractivity contribution is 5.97. The largest absolute Gasteiger partial charge is 0.294 e. The third-order valence-corrected chi connectivity index (χ3v) is 4.10. The van der Waals surface area contributed by atoms with E-state index in [0.29, 0.717) is 11.7 Å². The van der Waals surface area contributed by atoms with Gasteiger partial charge in [-0.05, 0) is 56.4 Å². The second kappa shape index (κ2) is 4.96. The fraction of sp³-hybridized carbons (Fsp3) is 0.786. The van der Waals surface area contributed by atoms with Gasteiger partial charge in [0.2, 0.25) is 0 Å². The molecule has 0 bridgehead atoms. The third kappa shape index (κ3) is 2.50. The molecule has 1 saturated carbocycles. The van der Waals surface area contributed by atoms with Crippen molar-refractivity contribution in [3.8, 4) is 0 Å². The second-order valence-electron chi connectivity index (χ2n) is 5.12. The van der Waals surface area contributed by atoms with Crippen LogP contribution in [0.2, 0.25) is 0 Å². The Kier molecular flexibility index (Phi) is 3.61. The SMILES string of the molecule is CCC1CCC(C(=O)C2=CCCCC2)C1. The highest BCUT2D eigenvalue weighted by Crippen LogP contribution is 2.36. The van der Waals surface area contributed by atoms with Gasteiger partial charge in [0, 0.05) is 5.92 Å². The van der Waals surface area contributed by atoms with E-state index in [1.807, 2.05) is 0 Å². The number of hydrogen-bond donors (Lipinski definition) is 0. The predicted octanol–water partition coefficient (Wildman–Crippen LogP) is 3.88. The summed E-state index contributed by atoms with van der Waals surface area (Å²) in [7, 11) is 0. The normalized spacial score (nSPS) is 31.4. The van der Waals surface area contributed by atoms with Crippen molar-refractivity contribution in [3.05, 3.63) is 11.6 Å². The number of Topliss-reactive ketones (excluding diaryl/α,β-unsaturated/α-hetero) is 1. The van der Waals surface area contributed by atoms with Gasteiger partial charge in [-0.2, -0.15) is 0 Å². The van der Waals surface area contributed by atoms with E-state index in [4.69, 9.17) is 0 Å². The summed E-state index contributed by atoms with van der Waals surface area (Å²) >= 11 is 0. The van der Waals surface area contributed by atoms with Gasteiger partial charge in [0.25, 0.3) is 0 Å². The van der Waals surface area contributed by atoms with Gasteiger partial charge in [-0.25, -0.2) is 0 Å². The van der Waals surface area contributed by atoms with E-state index in [-0.39, 0.29) is 0 Å². The first kappa shape index (κ1) is 10.9. The molecule has 0 aromatic heterocycles. The van der Waals surface area contributed by atoms with E-state index >= 15 is 0 Å². The molecule has 15 heavy (non-hydrogen) atoms. The molecule has 1 nitrogen and oxygen atoms in total. The van der Waals surface area contributed by atoms with Crippen LogP contribution in [0, 0.1) is 11.8 Å². The van der Waals surface area contributed by atoms with Crippen LogP contribution in [-0.4, -0.2) is 5.78 Å². The van der Waals surface area contributed by atoms with Gasteiger partial charge in [-0.3, -0.25) is 4.79 Å². The lowest BCUT2D eigenvalue weighted by molar-refractivity contribution is -0.119. The van der Waals surface area contributed by atoms with E-state index in [2.05, 4.69) is 13.0 Å². The molecule has 2 unspecified atom stereocenters. The lowest BCUT2D eigenvalue weighted by atomic mass is 9.88. The summed E-state index contributed by atoms with van der Waals surface area (Å²) in [6.45, 7) is 2.25. The molecular weight excluding hydrogens is 184 g/mol. The monoisotopic (exact) mass is 206 g/mol. The molecule has 0 radical (unpaired) electrons. The van der Waals surface area contributed by atoms with Crippen LogP contribution in [0.15, 0.2) is 11.6 Å². The summed E-state index contributed by atoms with van der Waals surface area (Å²) in [6.07, 6.45) is 11.7. The van der Waals surface area contributed by atoms with Crippen molar-refractivity contribution in [2.24, 2.45) is 11.8 Å². The van der Waals surface area contributed by atoms with E-state index in [1.165, 1.54) is 25.7 Å². The second-order valence-corrected chi connectivity index (χ2v) is 5.12. The minimum absolute atomic E-state index is 0.374. The zero-order chi connectivity index (χ0) is 10.7. The number of carbonyl (C=O) groups excluding carboxylic acids is 1. The molecule has 0 N–H and O–H groups in total. The van der Waals surface area contributed by atoms with E-state index in [1.54, 1.807) is 0 Å². The van der Waals surface area contributed by atoms with Crippen LogP contribution in [0.3, 0.4) is 0 Å². The van der Waals surface area contributed by atoms with Crippen LogP contribution in [0.4, 0.5) is 0 Å². The quantitative estimate of drug-likeness (QED) is 0.685. The fourth-order valence-electron chi connectivity index (χ4n) is 3.01. The molecule has 2 aliphatic rings. The maximum atomic E-state index is 12.2. The zero-order valence-corrected chi connectivity index (χ0v) is 9.80. The Balaban J connectivity index is 1.93. The summed E-state index contributed by atoms with van der Waals surface area (Å²) in [5, 5.41) is 0. The van der Waals surface area contributed by atoms with Crippen molar-refractivity contribution in [1.82, 2.24) is 0 Å². The number of carbonyl (C=O) groups is 1. The van der Waals surface area contributed by atoms with Crippen molar-refractivity contribution in [2.45, 2.75) is 58.3 Å². The molecular formula is C14H22O. The van der Waals surface area contributed by atoms with Gasteiger partial charge in [0.05, 0.1) is 0 Å². The summed E-state index contributed by atoms with van der Waals surface area (Å²) in [4.78, 5) is 12.2. The minimum Gasteiger partial charge on any atom is -0.294 e.